The van der Waals surface area contributed by atoms with E-state index in [1.165, 1.54) is 39.2 Å². The fourth-order valence-electron chi connectivity index (χ4n) is 2.99. The summed E-state index contributed by atoms with van der Waals surface area (Å²) in [5, 5.41) is 3.48. The van der Waals surface area contributed by atoms with Gasteiger partial charge in [0.25, 0.3) is 0 Å². The Morgan fingerprint density at radius 1 is 1.42 bits per heavy atom. The SMILES string of the molecule is COC(=O)C(C)(CC(C)N(C)C1CCC1)NC1CC1. The lowest BCUT2D eigenvalue weighted by Crippen LogP contribution is -2.55. The van der Waals surface area contributed by atoms with Crippen LogP contribution in [0, 0.1) is 0 Å². The average Bonchev–Trinajstić information content (AvgIpc) is 3.08. The van der Waals surface area contributed by atoms with E-state index < -0.39 is 5.54 Å². The van der Waals surface area contributed by atoms with Gasteiger partial charge in [-0.25, -0.2) is 0 Å². The third-order valence-electron chi connectivity index (χ3n) is 4.79. The summed E-state index contributed by atoms with van der Waals surface area (Å²) >= 11 is 0. The molecule has 0 aliphatic heterocycles. The smallest absolute Gasteiger partial charge is 0.325 e. The van der Waals surface area contributed by atoms with E-state index in [4.69, 9.17) is 4.74 Å². The molecule has 2 unspecified atom stereocenters. The van der Waals surface area contributed by atoms with Crippen LogP contribution >= 0.6 is 0 Å². The van der Waals surface area contributed by atoms with Gasteiger partial charge in [-0.2, -0.15) is 0 Å². The van der Waals surface area contributed by atoms with Gasteiger partial charge in [-0.05, 0) is 53.0 Å². The summed E-state index contributed by atoms with van der Waals surface area (Å²) in [4.78, 5) is 14.5. The summed E-state index contributed by atoms with van der Waals surface area (Å²) in [6, 6.07) is 1.60. The molecule has 0 aromatic rings. The van der Waals surface area contributed by atoms with Crippen molar-refractivity contribution in [1.82, 2.24) is 10.2 Å². The van der Waals surface area contributed by atoms with Crippen molar-refractivity contribution >= 4 is 5.97 Å². The minimum absolute atomic E-state index is 0.131. The van der Waals surface area contributed by atoms with Crippen LogP contribution in [0.2, 0.25) is 0 Å². The molecule has 0 bridgehead atoms. The van der Waals surface area contributed by atoms with Gasteiger partial charge in [0, 0.05) is 18.1 Å². The van der Waals surface area contributed by atoms with Crippen LogP contribution in [0.25, 0.3) is 0 Å². The summed E-state index contributed by atoms with van der Waals surface area (Å²) in [7, 11) is 3.67. The van der Waals surface area contributed by atoms with Crippen molar-refractivity contribution in [1.29, 1.82) is 0 Å². The van der Waals surface area contributed by atoms with Crippen LogP contribution in [0.4, 0.5) is 0 Å². The summed E-state index contributed by atoms with van der Waals surface area (Å²) in [6.07, 6.45) is 7.11. The number of hydrogen-bond donors (Lipinski definition) is 1. The van der Waals surface area contributed by atoms with Crippen molar-refractivity contribution < 1.29 is 9.53 Å². The molecule has 2 saturated carbocycles. The average molecular weight is 268 g/mol. The van der Waals surface area contributed by atoms with Crippen LogP contribution in [0.1, 0.15) is 52.4 Å². The maximum absolute atomic E-state index is 12.1. The van der Waals surface area contributed by atoms with Gasteiger partial charge in [0.15, 0.2) is 0 Å². The molecular formula is C15H28N2O2. The molecule has 0 saturated heterocycles. The Labute approximate surface area is 116 Å². The number of carbonyl (C=O) groups is 1. The van der Waals surface area contributed by atoms with E-state index in [2.05, 4.69) is 24.2 Å². The minimum atomic E-state index is -0.548. The van der Waals surface area contributed by atoms with Gasteiger partial charge < -0.3 is 9.64 Å². The Kier molecular flexibility index (Phi) is 4.51. The molecule has 2 aliphatic carbocycles. The Hall–Kier alpha value is -0.610. The van der Waals surface area contributed by atoms with Crippen LogP contribution in [0.15, 0.2) is 0 Å². The van der Waals surface area contributed by atoms with Gasteiger partial charge in [-0.15, -0.1) is 0 Å². The maximum Gasteiger partial charge on any atom is 0.325 e. The van der Waals surface area contributed by atoms with E-state index in [0.29, 0.717) is 18.1 Å². The molecule has 0 amide bonds. The zero-order valence-electron chi connectivity index (χ0n) is 12.7. The van der Waals surface area contributed by atoms with Crippen molar-refractivity contribution in [3.05, 3.63) is 0 Å². The third-order valence-corrected chi connectivity index (χ3v) is 4.79. The molecule has 0 aromatic heterocycles. The predicted octanol–water partition coefficient (Wildman–Crippen LogP) is 1.93. The number of hydrogen-bond acceptors (Lipinski definition) is 4. The molecule has 2 atom stereocenters. The fraction of sp³-hybridized carbons (Fsp3) is 0.933. The van der Waals surface area contributed by atoms with Crippen molar-refractivity contribution in [3.8, 4) is 0 Å². The molecular weight excluding hydrogens is 240 g/mol. The first-order chi connectivity index (χ1) is 8.96. The molecule has 110 valence electrons. The molecule has 0 heterocycles. The van der Waals surface area contributed by atoms with Gasteiger partial charge >= 0.3 is 5.97 Å². The van der Waals surface area contributed by atoms with E-state index in [1.54, 1.807) is 0 Å². The van der Waals surface area contributed by atoms with E-state index in [1.807, 2.05) is 6.92 Å². The Morgan fingerprint density at radius 3 is 2.47 bits per heavy atom. The molecule has 2 aliphatic rings. The van der Waals surface area contributed by atoms with E-state index in [-0.39, 0.29) is 5.97 Å². The van der Waals surface area contributed by atoms with E-state index >= 15 is 0 Å². The highest BCUT2D eigenvalue weighted by Crippen LogP contribution is 2.30. The highest BCUT2D eigenvalue weighted by atomic mass is 16.5. The van der Waals surface area contributed by atoms with Gasteiger partial charge in [-0.1, -0.05) is 6.42 Å². The first-order valence-corrected chi connectivity index (χ1v) is 7.54. The second-order valence-corrected chi connectivity index (χ2v) is 6.55. The summed E-state index contributed by atoms with van der Waals surface area (Å²) < 4.78 is 5.01. The number of carbonyl (C=O) groups excluding carboxylic acids is 1. The standard InChI is InChI=1S/C15H28N2O2/c1-11(17(3)13-6-5-7-13)10-15(2,14(18)19-4)16-12-8-9-12/h11-13,16H,5-10H2,1-4H3. The largest absolute Gasteiger partial charge is 0.468 e. The first-order valence-electron chi connectivity index (χ1n) is 7.54. The summed E-state index contributed by atoms with van der Waals surface area (Å²) in [5.74, 6) is -0.131. The Bertz CT molecular complexity index is 326. The summed E-state index contributed by atoms with van der Waals surface area (Å²) in [5.41, 5.74) is -0.548. The van der Waals surface area contributed by atoms with Crippen molar-refractivity contribution in [3.63, 3.8) is 0 Å². The minimum Gasteiger partial charge on any atom is -0.468 e. The topological polar surface area (TPSA) is 41.6 Å². The maximum atomic E-state index is 12.1. The molecule has 4 nitrogen and oxygen atoms in total. The van der Waals surface area contributed by atoms with Crippen LogP contribution in [-0.4, -0.2) is 48.7 Å². The number of nitrogens with one attached hydrogen (secondary N) is 1. The van der Waals surface area contributed by atoms with Crippen molar-refractivity contribution in [2.24, 2.45) is 0 Å². The number of nitrogens with zero attached hydrogens (tertiary/aromatic N) is 1. The predicted molar refractivity (Wildman–Crippen MR) is 76.1 cm³/mol. The molecule has 19 heavy (non-hydrogen) atoms. The van der Waals surface area contributed by atoms with Crippen LogP contribution < -0.4 is 5.32 Å². The lowest BCUT2D eigenvalue weighted by atomic mass is 9.87. The highest BCUT2D eigenvalue weighted by molar-refractivity contribution is 5.80. The second-order valence-electron chi connectivity index (χ2n) is 6.55. The zero-order valence-corrected chi connectivity index (χ0v) is 12.7. The van der Waals surface area contributed by atoms with Gasteiger partial charge in [0.1, 0.15) is 5.54 Å². The lowest BCUT2D eigenvalue weighted by molar-refractivity contribution is -0.149. The van der Waals surface area contributed by atoms with E-state index in [9.17, 15) is 4.79 Å². The first kappa shape index (κ1) is 14.8. The zero-order chi connectivity index (χ0) is 14.0. The molecule has 0 spiro atoms. The number of esters is 1. The van der Waals surface area contributed by atoms with Crippen LogP contribution in [0.5, 0.6) is 0 Å². The number of ether oxygens (including phenoxy) is 1. The molecule has 4 heteroatoms. The molecule has 0 aromatic carbocycles. The number of rotatable bonds is 7. The van der Waals surface area contributed by atoms with Gasteiger partial charge in [0.05, 0.1) is 7.11 Å². The van der Waals surface area contributed by atoms with Crippen LogP contribution in [-0.2, 0) is 9.53 Å². The molecule has 2 rings (SSSR count). The molecule has 1 N–H and O–H groups in total. The lowest BCUT2D eigenvalue weighted by Gasteiger charge is -2.41. The molecule has 2 fully saturated rings. The second kappa shape index (κ2) is 5.80. The number of methoxy groups -OCH3 is 1. The molecule has 0 radical (unpaired) electrons. The van der Waals surface area contributed by atoms with Gasteiger partial charge in [0.2, 0.25) is 0 Å². The van der Waals surface area contributed by atoms with Crippen molar-refractivity contribution in [2.45, 2.75) is 76.0 Å². The monoisotopic (exact) mass is 268 g/mol. The van der Waals surface area contributed by atoms with E-state index in [0.717, 1.165) is 6.42 Å². The normalized spacial score (nSPS) is 24.7. The third kappa shape index (κ3) is 3.48. The Morgan fingerprint density at radius 2 is 2.05 bits per heavy atom. The van der Waals surface area contributed by atoms with Crippen molar-refractivity contribution in [2.75, 3.05) is 14.2 Å². The Balaban J connectivity index is 1.95. The fourth-order valence-corrected chi connectivity index (χ4v) is 2.99. The van der Waals surface area contributed by atoms with Gasteiger partial charge in [-0.3, -0.25) is 10.1 Å². The highest BCUT2D eigenvalue weighted by Gasteiger charge is 2.41. The summed E-state index contributed by atoms with van der Waals surface area (Å²) in [6.45, 7) is 4.20. The quantitative estimate of drug-likeness (QED) is 0.716. The van der Waals surface area contributed by atoms with Crippen LogP contribution in [0.3, 0.4) is 0 Å².